The van der Waals surface area contributed by atoms with Crippen molar-refractivity contribution in [2.24, 2.45) is 7.05 Å². The molecule has 124 valence electrons. The van der Waals surface area contributed by atoms with Crippen molar-refractivity contribution in [2.45, 2.75) is 32.1 Å². The molecule has 2 heterocycles. The summed E-state index contributed by atoms with van der Waals surface area (Å²) < 4.78 is 1.70. The van der Waals surface area contributed by atoms with E-state index < -0.39 is 5.97 Å². The van der Waals surface area contributed by atoms with Gasteiger partial charge in [0.1, 0.15) is 10.7 Å². The number of unbranched alkanes of at least 4 members (excludes halogenated alkanes) is 3. The summed E-state index contributed by atoms with van der Waals surface area (Å²) in [4.78, 5) is 26.7. The zero-order chi connectivity index (χ0) is 16.7. The fraction of sp³-hybridized carbons (Fsp3) is 0.467. The van der Waals surface area contributed by atoms with Crippen molar-refractivity contribution in [3.05, 3.63) is 23.5 Å². The van der Waals surface area contributed by atoms with E-state index in [1.165, 1.54) is 11.3 Å². The zero-order valence-electron chi connectivity index (χ0n) is 13.0. The molecule has 2 aromatic rings. The fourth-order valence-electron chi connectivity index (χ4n) is 2.09. The number of nitrogens with one attached hydrogen (secondary N) is 1. The monoisotopic (exact) mass is 336 g/mol. The number of carbonyl (C=O) groups excluding carboxylic acids is 1. The van der Waals surface area contributed by atoms with Crippen LogP contribution in [0.3, 0.4) is 0 Å². The molecule has 0 spiro atoms. The molecule has 0 saturated heterocycles. The summed E-state index contributed by atoms with van der Waals surface area (Å²) in [6, 6.07) is 0. The number of rotatable bonds is 9. The average Bonchev–Trinajstić information content (AvgIpc) is 3.14. The van der Waals surface area contributed by atoms with Crippen molar-refractivity contribution in [2.75, 3.05) is 6.54 Å². The summed E-state index contributed by atoms with van der Waals surface area (Å²) in [7, 11) is 1.83. The van der Waals surface area contributed by atoms with Crippen LogP contribution in [0, 0.1) is 0 Å². The number of hydrogen-bond acceptors (Lipinski definition) is 5. The molecule has 7 nitrogen and oxygen atoms in total. The Morgan fingerprint density at radius 1 is 1.30 bits per heavy atom. The van der Waals surface area contributed by atoms with Crippen LogP contribution in [0.15, 0.2) is 17.8 Å². The summed E-state index contributed by atoms with van der Waals surface area (Å²) in [5.74, 6) is -0.937. The molecule has 0 bridgehead atoms. The van der Waals surface area contributed by atoms with Crippen molar-refractivity contribution < 1.29 is 14.7 Å². The summed E-state index contributed by atoms with van der Waals surface area (Å²) in [5, 5.41) is 18.0. The lowest BCUT2D eigenvalue weighted by molar-refractivity contribution is -0.137. The molecule has 0 saturated carbocycles. The van der Waals surface area contributed by atoms with Gasteiger partial charge in [-0.15, -0.1) is 11.3 Å². The first-order valence-corrected chi connectivity index (χ1v) is 8.39. The molecule has 2 aromatic heterocycles. The quantitative estimate of drug-likeness (QED) is 0.685. The predicted octanol–water partition coefficient (Wildman–Crippen LogP) is 2.31. The van der Waals surface area contributed by atoms with Crippen molar-refractivity contribution in [3.63, 3.8) is 0 Å². The Hall–Kier alpha value is -2.22. The lowest BCUT2D eigenvalue weighted by atomic mass is 10.1. The van der Waals surface area contributed by atoms with E-state index >= 15 is 0 Å². The molecular weight excluding hydrogens is 316 g/mol. The van der Waals surface area contributed by atoms with Gasteiger partial charge in [0, 0.05) is 37.2 Å². The largest absolute Gasteiger partial charge is 0.481 e. The summed E-state index contributed by atoms with van der Waals surface area (Å²) in [6.45, 7) is 0.575. The van der Waals surface area contributed by atoms with Crippen LogP contribution in [0.1, 0.15) is 42.6 Å². The Kier molecular flexibility index (Phi) is 6.28. The van der Waals surface area contributed by atoms with Gasteiger partial charge in [-0.25, -0.2) is 4.98 Å². The number of aromatic nitrogens is 3. The molecule has 0 aliphatic carbocycles. The maximum absolute atomic E-state index is 12.0. The first-order chi connectivity index (χ1) is 11.1. The molecule has 0 aromatic carbocycles. The SMILES string of the molecule is Cn1cc(-c2nc(C(=O)NCCCCCCC(=O)O)cs2)cn1. The summed E-state index contributed by atoms with van der Waals surface area (Å²) in [6.07, 6.45) is 7.09. The van der Waals surface area contributed by atoms with Crippen molar-refractivity contribution in [3.8, 4) is 10.6 Å². The van der Waals surface area contributed by atoms with Gasteiger partial charge >= 0.3 is 5.97 Å². The maximum atomic E-state index is 12.0. The van der Waals surface area contributed by atoms with Crippen LogP contribution >= 0.6 is 11.3 Å². The van der Waals surface area contributed by atoms with Crippen LogP contribution in [-0.4, -0.2) is 38.3 Å². The van der Waals surface area contributed by atoms with E-state index in [-0.39, 0.29) is 12.3 Å². The van der Waals surface area contributed by atoms with E-state index in [0.717, 1.165) is 29.8 Å². The van der Waals surface area contributed by atoms with Crippen LogP contribution in [0.5, 0.6) is 0 Å². The standard InChI is InChI=1S/C15H20N4O3S/c1-19-9-11(8-17-19)15-18-12(10-23-15)14(22)16-7-5-3-2-4-6-13(20)21/h8-10H,2-7H2,1H3,(H,16,22)(H,20,21). The van der Waals surface area contributed by atoms with E-state index in [4.69, 9.17) is 5.11 Å². The highest BCUT2D eigenvalue weighted by Crippen LogP contribution is 2.22. The molecule has 0 radical (unpaired) electrons. The molecule has 0 unspecified atom stereocenters. The number of carbonyl (C=O) groups is 2. The molecule has 0 aliphatic heterocycles. The van der Waals surface area contributed by atoms with E-state index in [2.05, 4.69) is 15.4 Å². The Balaban J connectivity index is 1.70. The van der Waals surface area contributed by atoms with Crippen LogP contribution in [0.4, 0.5) is 0 Å². The molecule has 0 fully saturated rings. The lowest BCUT2D eigenvalue weighted by Crippen LogP contribution is -2.24. The van der Waals surface area contributed by atoms with Gasteiger partial charge in [-0.05, 0) is 12.8 Å². The van der Waals surface area contributed by atoms with Crippen molar-refractivity contribution in [1.82, 2.24) is 20.1 Å². The second-order valence-corrected chi connectivity index (χ2v) is 6.11. The zero-order valence-corrected chi connectivity index (χ0v) is 13.8. The van der Waals surface area contributed by atoms with Crippen molar-refractivity contribution >= 4 is 23.2 Å². The Labute approximate surface area is 138 Å². The molecule has 1 amide bonds. The highest BCUT2D eigenvalue weighted by molar-refractivity contribution is 7.13. The van der Waals surface area contributed by atoms with Gasteiger partial charge < -0.3 is 10.4 Å². The van der Waals surface area contributed by atoms with E-state index in [1.54, 1.807) is 16.3 Å². The Bertz CT molecular complexity index is 665. The van der Waals surface area contributed by atoms with Gasteiger partial charge in [0.05, 0.1) is 6.20 Å². The molecule has 23 heavy (non-hydrogen) atoms. The summed E-state index contributed by atoms with van der Waals surface area (Å²) >= 11 is 1.42. The number of aliphatic carboxylic acids is 1. The highest BCUT2D eigenvalue weighted by Gasteiger charge is 2.12. The smallest absolute Gasteiger partial charge is 0.303 e. The minimum atomic E-state index is -0.758. The molecule has 2 rings (SSSR count). The number of hydrogen-bond donors (Lipinski definition) is 2. The maximum Gasteiger partial charge on any atom is 0.303 e. The molecule has 2 N–H and O–H groups in total. The molecule has 8 heteroatoms. The number of carboxylic acid groups (broad SMARTS) is 1. The second kappa shape index (κ2) is 8.42. The van der Waals surface area contributed by atoms with E-state index in [0.29, 0.717) is 18.7 Å². The van der Waals surface area contributed by atoms with Crippen LogP contribution < -0.4 is 5.32 Å². The van der Waals surface area contributed by atoms with Gasteiger partial charge in [-0.3, -0.25) is 14.3 Å². The Morgan fingerprint density at radius 2 is 2.09 bits per heavy atom. The minimum Gasteiger partial charge on any atom is -0.481 e. The second-order valence-electron chi connectivity index (χ2n) is 5.25. The van der Waals surface area contributed by atoms with Gasteiger partial charge in [0.15, 0.2) is 0 Å². The van der Waals surface area contributed by atoms with Gasteiger partial charge in [-0.1, -0.05) is 12.8 Å². The molecular formula is C15H20N4O3S. The fourth-order valence-corrected chi connectivity index (χ4v) is 2.87. The molecule has 0 aliphatic rings. The third kappa shape index (κ3) is 5.48. The van der Waals surface area contributed by atoms with Crippen LogP contribution in [0.25, 0.3) is 10.6 Å². The molecule has 0 atom stereocenters. The number of thiazole rings is 1. The van der Waals surface area contributed by atoms with E-state index in [9.17, 15) is 9.59 Å². The van der Waals surface area contributed by atoms with Crippen molar-refractivity contribution in [1.29, 1.82) is 0 Å². The minimum absolute atomic E-state index is 0.179. The van der Waals surface area contributed by atoms with E-state index in [1.807, 2.05) is 13.2 Å². The topological polar surface area (TPSA) is 97.1 Å². The summed E-state index contributed by atoms with van der Waals surface area (Å²) in [5.41, 5.74) is 1.31. The Morgan fingerprint density at radius 3 is 2.78 bits per heavy atom. The number of nitrogens with zero attached hydrogens (tertiary/aromatic N) is 3. The highest BCUT2D eigenvalue weighted by atomic mass is 32.1. The lowest BCUT2D eigenvalue weighted by Gasteiger charge is -2.02. The van der Waals surface area contributed by atoms with Gasteiger partial charge in [-0.2, -0.15) is 5.10 Å². The normalized spacial score (nSPS) is 10.7. The first-order valence-electron chi connectivity index (χ1n) is 7.51. The van der Waals surface area contributed by atoms with Gasteiger partial charge in [0.2, 0.25) is 0 Å². The van der Waals surface area contributed by atoms with Crippen LogP contribution in [0.2, 0.25) is 0 Å². The first kappa shape index (κ1) is 17.1. The third-order valence-corrected chi connectivity index (χ3v) is 4.18. The number of aryl methyl sites for hydroxylation is 1. The third-order valence-electron chi connectivity index (χ3n) is 3.29. The number of amides is 1. The van der Waals surface area contributed by atoms with Crippen LogP contribution in [-0.2, 0) is 11.8 Å². The average molecular weight is 336 g/mol. The van der Waals surface area contributed by atoms with Gasteiger partial charge in [0.25, 0.3) is 5.91 Å². The number of carboxylic acids is 1. The predicted molar refractivity (Wildman–Crippen MR) is 87.4 cm³/mol.